The van der Waals surface area contributed by atoms with E-state index in [1.54, 1.807) is 12.1 Å². The molecule has 154 valence electrons. The molecule has 0 aliphatic rings. The normalized spacial score (nSPS) is 10.5. The van der Waals surface area contributed by atoms with E-state index in [1.807, 2.05) is 64.1 Å². The minimum absolute atomic E-state index is 0.0266. The fourth-order valence-electron chi connectivity index (χ4n) is 3.06. The quantitative estimate of drug-likeness (QED) is 0.540. The minimum Gasteiger partial charge on any atom is -0.326 e. The summed E-state index contributed by atoms with van der Waals surface area (Å²) in [4.78, 5) is 33.3. The summed E-state index contributed by atoms with van der Waals surface area (Å²) in [5, 5.41) is 5.98. The predicted octanol–water partition coefficient (Wildman–Crippen LogP) is 5.06. The number of aryl methyl sites for hydroxylation is 4. The van der Waals surface area contributed by atoms with E-state index in [1.165, 1.54) is 0 Å². The van der Waals surface area contributed by atoms with E-state index < -0.39 is 0 Å². The molecule has 6 heteroatoms. The summed E-state index contributed by atoms with van der Waals surface area (Å²) in [7, 11) is 0. The summed E-state index contributed by atoms with van der Waals surface area (Å²) < 4.78 is 0. The van der Waals surface area contributed by atoms with Gasteiger partial charge in [-0.15, -0.1) is 0 Å². The number of nitrogens with one attached hydrogen (secondary N) is 2. The Morgan fingerprint density at radius 2 is 1.40 bits per heavy atom. The van der Waals surface area contributed by atoms with Crippen LogP contribution in [0.1, 0.15) is 45.7 Å². The molecule has 30 heavy (non-hydrogen) atoms. The summed E-state index contributed by atoms with van der Waals surface area (Å²) in [5.74, 6) is 0.320. The molecule has 3 rings (SSSR count). The zero-order valence-electron chi connectivity index (χ0n) is 17.7. The second kappa shape index (κ2) is 9.31. The Labute approximate surface area is 176 Å². The minimum atomic E-state index is -0.189. The zero-order valence-corrected chi connectivity index (χ0v) is 17.7. The van der Waals surface area contributed by atoms with Crippen molar-refractivity contribution in [3.05, 3.63) is 76.6 Å². The maximum atomic E-state index is 12.3. The maximum Gasteiger partial charge on any atom is 0.227 e. The molecule has 0 aliphatic heterocycles. The molecule has 0 spiro atoms. The van der Waals surface area contributed by atoms with Crippen molar-refractivity contribution in [2.75, 3.05) is 10.6 Å². The number of nitrogens with zero attached hydrogens (tertiary/aromatic N) is 2. The molecule has 0 unspecified atom stereocenters. The average Bonchev–Trinajstić information content (AvgIpc) is 2.69. The van der Waals surface area contributed by atoms with Crippen molar-refractivity contribution < 1.29 is 9.59 Å². The molecule has 2 N–H and O–H groups in total. The van der Waals surface area contributed by atoms with Gasteiger partial charge in [-0.25, -0.2) is 9.97 Å². The van der Waals surface area contributed by atoms with Crippen LogP contribution in [-0.2, 0) is 4.79 Å². The van der Waals surface area contributed by atoms with Crippen LogP contribution in [0.4, 0.5) is 17.3 Å². The van der Waals surface area contributed by atoms with Crippen molar-refractivity contribution in [2.24, 2.45) is 0 Å². The van der Waals surface area contributed by atoms with E-state index in [9.17, 15) is 9.59 Å². The van der Waals surface area contributed by atoms with Crippen LogP contribution < -0.4 is 10.6 Å². The lowest BCUT2D eigenvalue weighted by Gasteiger charge is -2.09. The van der Waals surface area contributed by atoms with E-state index in [-0.39, 0.29) is 24.5 Å². The van der Waals surface area contributed by atoms with Gasteiger partial charge in [0, 0.05) is 41.2 Å². The van der Waals surface area contributed by atoms with Gasteiger partial charge < -0.3 is 10.6 Å². The van der Waals surface area contributed by atoms with Crippen molar-refractivity contribution in [3.8, 4) is 0 Å². The number of carbonyl (C=O) groups excluding carboxylic acids is 2. The van der Waals surface area contributed by atoms with Crippen molar-refractivity contribution in [2.45, 2.75) is 40.5 Å². The van der Waals surface area contributed by atoms with E-state index >= 15 is 0 Å². The highest BCUT2D eigenvalue weighted by Crippen LogP contribution is 2.18. The number of benzene rings is 2. The number of hydrogen-bond donors (Lipinski definition) is 2. The van der Waals surface area contributed by atoms with E-state index in [0.717, 1.165) is 28.2 Å². The second-order valence-electron chi connectivity index (χ2n) is 7.45. The van der Waals surface area contributed by atoms with Gasteiger partial charge in [-0.1, -0.05) is 12.1 Å². The Morgan fingerprint density at radius 3 is 2.03 bits per heavy atom. The number of hydrogen-bond acceptors (Lipinski definition) is 5. The Bertz CT molecular complexity index is 1050. The van der Waals surface area contributed by atoms with Gasteiger partial charge in [-0.2, -0.15) is 0 Å². The molecule has 2 aromatic carbocycles. The van der Waals surface area contributed by atoms with E-state index in [2.05, 4.69) is 20.6 Å². The fourth-order valence-corrected chi connectivity index (χ4v) is 3.06. The van der Waals surface area contributed by atoms with Crippen LogP contribution >= 0.6 is 0 Å². The van der Waals surface area contributed by atoms with Crippen LogP contribution in [0.5, 0.6) is 0 Å². The zero-order chi connectivity index (χ0) is 21.7. The smallest absolute Gasteiger partial charge is 0.227 e. The monoisotopic (exact) mass is 402 g/mol. The van der Waals surface area contributed by atoms with Gasteiger partial charge in [0.1, 0.15) is 0 Å². The number of ketones is 1. The summed E-state index contributed by atoms with van der Waals surface area (Å²) in [6, 6.07) is 14.8. The van der Waals surface area contributed by atoms with Crippen molar-refractivity contribution in [3.63, 3.8) is 0 Å². The molecule has 1 heterocycles. The number of rotatable bonds is 7. The van der Waals surface area contributed by atoms with Crippen molar-refractivity contribution >= 4 is 29.0 Å². The molecule has 6 nitrogen and oxygen atoms in total. The largest absolute Gasteiger partial charge is 0.326 e. The van der Waals surface area contributed by atoms with Gasteiger partial charge in [0.2, 0.25) is 11.9 Å². The highest BCUT2D eigenvalue weighted by molar-refractivity contribution is 6.00. The molecule has 0 atom stereocenters. The van der Waals surface area contributed by atoms with Gasteiger partial charge >= 0.3 is 0 Å². The standard InChI is InChI=1S/C24H26N4O2/c1-15-5-6-19(13-16(15)2)22(29)11-12-23(30)27-20-7-9-21(10-8-20)28-24-25-17(3)14-18(4)26-24/h5-10,13-14H,11-12H2,1-4H3,(H,27,30)(H,25,26,28). The molecule has 0 radical (unpaired) electrons. The van der Waals surface area contributed by atoms with E-state index in [4.69, 9.17) is 0 Å². The number of amides is 1. The number of anilines is 3. The highest BCUT2D eigenvalue weighted by Gasteiger charge is 2.10. The molecule has 0 saturated carbocycles. The van der Waals surface area contributed by atoms with Crippen LogP contribution in [0.15, 0.2) is 48.5 Å². The van der Waals surface area contributed by atoms with Gasteiger partial charge in [0.25, 0.3) is 0 Å². The lowest BCUT2D eigenvalue weighted by Crippen LogP contribution is -2.13. The number of carbonyl (C=O) groups is 2. The summed E-state index contributed by atoms with van der Waals surface area (Å²) in [5.41, 5.74) is 6.15. The molecule has 1 amide bonds. The summed E-state index contributed by atoms with van der Waals surface area (Å²) in [6.45, 7) is 7.82. The molecule has 0 aliphatic carbocycles. The van der Waals surface area contributed by atoms with Gasteiger partial charge in [-0.3, -0.25) is 9.59 Å². The third-order valence-electron chi connectivity index (χ3n) is 4.82. The molecule has 0 fully saturated rings. The molecular weight excluding hydrogens is 376 g/mol. The third kappa shape index (κ3) is 5.73. The lowest BCUT2D eigenvalue weighted by atomic mass is 10.0. The molecule has 0 saturated heterocycles. The van der Waals surface area contributed by atoms with Gasteiger partial charge in [0.15, 0.2) is 5.78 Å². The topological polar surface area (TPSA) is 84.0 Å². The molecule has 3 aromatic rings. The Hall–Kier alpha value is -3.54. The van der Waals surface area contributed by atoms with E-state index in [0.29, 0.717) is 17.2 Å². The molecular formula is C24H26N4O2. The fraction of sp³-hybridized carbons (Fsp3) is 0.250. The first-order chi connectivity index (χ1) is 14.3. The first kappa shape index (κ1) is 21.2. The first-order valence-corrected chi connectivity index (χ1v) is 9.90. The SMILES string of the molecule is Cc1cc(C)nc(Nc2ccc(NC(=O)CCC(=O)c3ccc(C)c(C)c3)cc2)n1. The Balaban J connectivity index is 1.52. The summed E-state index contributed by atoms with van der Waals surface area (Å²) >= 11 is 0. The van der Waals surface area contributed by atoms with Gasteiger partial charge in [-0.05, 0) is 75.2 Å². The molecule has 1 aromatic heterocycles. The Kier molecular flexibility index (Phi) is 6.57. The number of Topliss-reactive ketones (excluding diaryl/α,β-unsaturated/α-hetero) is 1. The highest BCUT2D eigenvalue weighted by atomic mass is 16.2. The summed E-state index contributed by atoms with van der Waals surface area (Å²) in [6.07, 6.45) is 0.320. The number of aromatic nitrogens is 2. The Morgan fingerprint density at radius 1 is 0.767 bits per heavy atom. The van der Waals surface area contributed by atoms with Crippen LogP contribution in [0.2, 0.25) is 0 Å². The maximum absolute atomic E-state index is 12.3. The van der Waals surface area contributed by atoms with Crippen LogP contribution in [0.3, 0.4) is 0 Å². The van der Waals surface area contributed by atoms with Gasteiger partial charge in [0.05, 0.1) is 0 Å². The van der Waals surface area contributed by atoms with Crippen molar-refractivity contribution in [1.82, 2.24) is 9.97 Å². The third-order valence-corrected chi connectivity index (χ3v) is 4.82. The first-order valence-electron chi connectivity index (χ1n) is 9.90. The molecule has 0 bridgehead atoms. The van der Waals surface area contributed by atoms with Crippen LogP contribution in [0.25, 0.3) is 0 Å². The average molecular weight is 402 g/mol. The van der Waals surface area contributed by atoms with Crippen LogP contribution in [-0.4, -0.2) is 21.7 Å². The van der Waals surface area contributed by atoms with Crippen LogP contribution in [0, 0.1) is 27.7 Å². The van der Waals surface area contributed by atoms with Crippen molar-refractivity contribution in [1.29, 1.82) is 0 Å². The predicted molar refractivity (Wildman–Crippen MR) is 119 cm³/mol. The lowest BCUT2D eigenvalue weighted by molar-refractivity contribution is -0.116. The second-order valence-corrected chi connectivity index (χ2v) is 7.45.